The number of amides is 1. The van der Waals surface area contributed by atoms with E-state index >= 15 is 0 Å². The van der Waals surface area contributed by atoms with E-state index in [4.69, 9.17) is 33.3 Å². The van der Waals surface area contributed by atoms with E-state index in [1.165, 1.54) is 11.3 Å². The van der Waals surface area contributed by atoms with E-state index in [9.17, 15) is 4.79 Å². The molecular formula is C20H20ClN3O3S2. The lowest BCUT2D eigenvalue weighted by molar-refractivity contribution is 0.0977. The molecule has 0 saturated heterocycles. The van der Waals surface area contributed by atoms with E-state index in [1.54, 1.807) is 31.4 Å². The van der Waals surface area contributed by atoms with Gasteiger partial charge < -0.3 is 14.8 Å². The van der Waals surface area contributed by atoms with Crippen molar-refractivity contribution in [3.63, 3.8) is 0 Å². The third-order valence-corrected chi connectivity index (χ3v) is 5.22. The molecule has 1 aromatic heterocycles. The number of thiocarbonyl (C=S) groups is 1. The van der Waals surface area contributed by atoms with Gasteiger partial charge >= 0.3 is 0 Å². The highest BCUT2D eigenvalue weighted by Crippen LogP contribution is 2.34. The second-order valence-corrected chi connectivity index (χ2v) is 8.46. The van der Waals surface area contributed by atoms with Gasteiger partial charge in [-0.15, -0.1) is 0 Å². The molecule has 3 rings (SSSR count). The van der Waals surface area contributed by atoms with E-state index < -0.39 is 0 Å². The molecule has 2 aromatic carbocycles. The van der Waals surface area contributed by atoms with Crippen LogP contribution in [0.15, 0.2) is 36.4 Å². The summed E-state index contributed by atoms with van der Waals surface area (Å²) >= 11 is 12.8. The maximum absolute atomic E-state index is 12.5. The molecule has 0 saturated carbocycles. The van der Waals surface area contributed by atoms with E-state index in [1.807, 2.05) is 12.1 Å². The summed E-state index contributed by atoms with van der Waals surface area (Å²) in [4.78, 5) is 16.9. The molecule has 0 spiro atoms. The number of aromatic nitrogens is 1. The van der Waals surface area contributed by atoms with Crippen LogP contribution < -0.4 is 20.1 Å². The molecule has 1 amide bonds. The Morgan fingerprint density at radius 1 is 1.31 bits per heavy atom. The van der Waals surface area contributed by atoms with Crippen molar-refractivity contribution in [2.45, 2.75) is 13.8 Å². The average Bonchev–Trinajstić information content (AvgIpc) is 3.06. The SMILES string of the molecule is COc1cc2sc(NC(=S)NC(=O)c3cccc(OCC(C)C)c3)nc2cc1Cl. The van der Waals surface area contributed by atoms with Crippen molar-refractivity contribution in [2.24, 2.45) is 5.92 Å². The molecule has 0 aliphatic rings. The number of halogens is 1. The molecule has 0 unspecified atom stereocenters. The summed E-state index contributed by atoms with van der Waals surface area (Å²) in [5.74, 6) is 1.28. The van der Waals surface area contributed by atoms with Crippen molar-refractivity contribution in [3.8, 4) is 11.5 Å². The number of nitrogens with zero attached hydrogens (tertiary/aromatic N) is 1. The molecule has 6 nitrogen and oxygen atoms in total. The lowest BCUT2D eigenvalue weighted by Gasteiger charge is -2.10. The predicted octanol–water partition coefficient (Wildman–Crippen LogP) is 5.12. The number of rotatable bonds is 6. The molecule has 0 fully saturated rings. The summed E-state index contributed by atoms with van der Waals surface area (Å²) in [7, 11) is 1.56. The van der Waals surface area contributed by atoms with Gasteiger partial charge in [0.15, 0.2) is 10.2 Å². The normalized spacial score (nSPS) is 10.8. The van der Waals surface area contributed by atoms with Crippen LogP contribution in [0.25, 0.3) is 10.2 Å². The summed E-state index contributed by atoms with van der Waals surface area (Å²) in [6.07, 6.45) is 0. The maximum Gasteiger partial charge on any atom is 0.257 e. The molecular weight excluding hydrogens is 430 g/mol. The summed E-state index contributed by atoms with van der Waals surface area (Å²) in [5.41, 5.74) is 1.17. The lowest BCUT2D eigenvalue weighted by atomic mass is 10.2. The van der Waals surface area contributed by atoms with E-state index in [0.717, 1.165) is 4.70 Å². The fourth-order valence-corrected chi connectivity index (χ4v) is 3.80. The number of hydrogen-bond donors (Lipinski definition) is 2. The molecule has 1 heterocycles. The van der Waals surface area contributed by atoms with E-state index in [0.29, 0.717) is 45.3 Å². The number of methoxy groups -OCH3 is 1. The Kier molecular flexibility index (Phi) is 6.89. The second kappa shape index (κ2) is 9.39. The summed E-state index contributed by atoms with van der Waals surface area (Å²) in [6.45, 7) is 4.71. The summed E-state index contributed by atoms with van der Waals surface area (Å²) in [5, 5.41) is 6.77. The standard InChI is InChI=1S/C20H20ClN3O3S2/c1-11(2)10-27-13-6-4-5-12(7-13)18(25)23-19(28)24-20-22-15-8-14(21)16(26-3)9-17(15)29-20/h4-9,11H,10H2,1-3H3,(H2,22,23,24,25,28). The van der Waals surface area contributed by atoms with Crippen molar-refractivity contribution < 1.29 is 14.3 Å². The van der Waals surface area contributed by atoms with Gasteiger partial charge in [-0.2, -0.15) is 0 Å². The molecule has 9 heteroatoms. The molecule has 0 aliphatic heterocycles. The monoisotopic (exact) mass is 449 g/mol. The first-order chi connectivity index (χ1) is 13.9. The number of nitrogens with one attached hydrogen (secondary N) is 2. The quantitative estimate of drug-likeness (QED) is 0.509. The van der Waals surface area contributed by atoms with Crippen LogP contribution in [0.1, 0.15) is 24.2 Å². The fraction of sp³-hybridized carbons (Fsp3) is 0.250. The molecule has 0 radical (unpaired) electrons. The van der Waals surface area contributed by atoms with Crippen LogP contribution in [-0.2, 0) is 0 Å². The van der Waals surface area contributed by atoms with Gasteiger partial charge in [0.25, 0.3) is 5.91 Å². The van der Waals surface area contributed by atoms with Gasteiger partial charge in [-0.1, -0.05) is 42.9 Å². The summed E-state index contributed by atoms with van der Waals surface area (Å²) < 4.78 is 11.8. The Morgan fingerprint density at radius 2 is 2.10 bits per heavy atom. The number of benzene rings is 2. The Labute approximate surface area is 183 Å². The largest absolute Gasteiger partial charge is 0.495 e. The highest BCUT2D eigenvalue weighted by atomic mass is 35.5. The molecule has 0 aliphatic carbocycles. The third-order valence-electron chi connectivity index (χ3n) is 3.79. The van der Waals surface area contributed by atoms with Crippen LogP contribution in [0.3, 0.4) is 0 Å². The highest BCUT2D eigenvalue weighted by molar-refractivity contribution is 7.80. The molecule has 0 atom stereocenters. The van der Waals surface area contributed by atoms with Crippen LogP contribution in [0.4, 0.5) is 5.13 Å². The lowest BCUT2D eigenvalue weighted by Crippen LogP contribution is -2.34. The average molecular weight is 450 g/mol. The van der Waals surface area contributed by atoms with Crippen LogP contribution in [0, 0.1) is 5.92 Å². The Balaban J connectivity index is 1.65. The highest BCUT2D eigenvalue weighted by Gasteiger charge is 2.13. The molecule has 3 aromatic rings. The number of hydrogen-bond acceptors (Lipinski definition) is 6. The minimum Gasteiger partial charge on any atom is -0.495 e. The van der Waals surface area contributed by atoms with Crippen LogP contribution >= 0.6 is 35.2 Å². The Morgan fingerprint density at radius 3 is 2.83 bits per heavy atom. The number of fused-ring (bicyclic) bond motifs is 1. The van der Waals surface area contributed by atoms with Crippen molar-refractivity contribution in [2.75, 3.05) is 19.0 Å². The van der Waals surface area contributed by atoms with Crippen LogP contribution in [0.2, 0.25) is 5.02 Å². The zero-order valence-electron chi connectivity index (χ0n) is 16.1. The van der Waals surface area contributed by atoms with Gasteiger partial charge in [0.05, 0.1) is 29.0 Å². The smallest absolute Gasteiger partial charge is 0.257 e. The number of thiazole rings is 1. The number of carbonyl (C=O) groups excluding carboxylic acids is 1. The van der Waals surface area contributed by atoms with Crippen LogP contribution in [-0.4, -0.2) is 29.7 Å². The first-order valence-electron chi connectivity index (χ1n) is 8.85. The van der Waals surface area contributed by atoms with Gasteiger partial charge in [-0.05, 0) is 42.4 Å². The minimum atomic E-state index is -0.330. The second-order valence-electron chi connectivity index (χ2n) is 6.61. The van der Waals surface area contributed by atoms with Crippen molar-refractivity contribution in [1.82, 2.24) is 10.3 Å². The maximum atomic E-state index is 12.5. The molecule has 29 heavy (non-hydrogen) atoms. The van der Waals surface area contributed by atoms with Gasteiger partial charge in [0.2, 0.25) is 0 Å². The Bertz CT molecular complexity index is 1050. The Hall–Kier alpha value is -2.42. The number of carbonyl (C=O) groups is 1. The van der Waals surface area contributed by atoms with Gasteiger partial charge in [-0.25, -0.2) is 4.98 Å². The minimum absolute atomic E-state index is 0.153. The van der Waals surface area contributed by atoms with Crippen molar-refractivity contribution >= 4 is 61.5 Å². The van der Waals surface area contributed by atoms with Gasteiger partial charge in [0, 0.05) is 11.6 Å². The van der Waals surface area contributed by atoms with Crippen molar-refractivity contribution in [1.29, 1.82) is 0 Å². The zero-order chi connectivity index (χ0) is 21.0. The fourth-order valence-electron chi connectivity index (χ4n) is 2.43. The van der Waals surface area contributed by atoms with Crippen molar-refractivity contribution in [3.05, 3.63) is 47.0 Å². The van der Waals surface area contributed by atoms with Crippen LogP contribution in [0.5, 0.6) is 11.5 Å². The van der Waals surface area contributed by atoms with Gasteiger partial charge in [0.1, 0.15) is 11.5 Å². The zero-order valence-corrected chi connectivity index (χ0v) is 18.5. The first kappa shape index (κ1) is 21.3. The van der Waals surface area contributed by atoms with E-state index in [2.05, 4.69) is 29.5 Å². The van der Waals surface area contributed by atoms with Gasteiger partial charge in [-0.3, -0.25) is 10.1 Å². The van der Waals surface area contributed by atoms with E-state index in [-0.39, 0.29) is 11.0 Å². The summed E-state index contributed by atoms with van der Waals surface area (Å²) in [6, 6.07) is 10.5. The molecule has 2 N–H and O–H groups in total. The molecule has 152 valence electrons. The number of ether oxygens (including phenoxy) is 2. The topological polar surface area (TPSA) is 72.5 Å². The predicted molar refractivity (Wildman–Crippen MR) is 122 cm³/mol. The number of anilines is 1. The molecule has 0 bridgehead atoms. The first-order valence-corrected chi connectivity index (χ1v) is 10.4. The third kappa shape index (κ3) is 5.56.